The summed E-state index contributed by atoms with van der Waals surface area (Å²) in [5.41, 5.74) is 2.43. The van der Waals surface area contributed by atoms with E-state index >= 15 is 0 Å². The number of amides is 2. The normalized spacial score (nSPS) is 12.1. The molecule has 1 unspecified atom stereocenters. The van der Waals surface area contributed by atoms with E-state index in [1.165, 1.54) is 30.1 Å². The van der Waals surface area contributed by atoms with Crippen molar-refractivity contribution in [1.82, 2.24) is 10.2 Å². The first-order valence-electron chi connectivity index (χ1n) is 12.1. The molecule has 0 heterocycles. The minimum atomic E-state index is -4.18. The van der Waals surface area contributed by atoms with E-state index in [1.54, 1.807) is 62.4 Å². The smallest absolute Gasteiger partial charge is 0.264 e. The van der Waals surface area contributed by atoms with Gasteiger partial charge >= 0.3 is 0 Å². The van der Waals surface area contributed by atoms with Crippen LogP contribution in [0.4, 0.5) is 5.69 Å². The fraction of sp³-hybridized carbons (Fsp3) is 0.286. The first-order valence-corrected chi connectivity index (χ1v) is 14.3. The zero-order valence-electron chi connectivity index (χ0n) is 21.7. The van der Waals surface area contributed by atoms with Gasteiger partial charge in [-0.1, -0.05) is 72.1 Å². The van der Waals surface area contributed by atoms with Gasteiger partial charge in [-0.15, -0.1) is 0 Å². The van der Waals surface area contributed by atoms with Gasteiger partial charge in [0, 0.05) is 23.6 Å². The van der Waals surface area contributed by atoms with Crippen molar-refractivity contribution in [2.75, 3.05) is 17.9 Å². The number of carbonyl (C=O) groups excluding carboxylic acids is 2. The number of hydrogen-bond acceptors (Lipinski definition) is 4. The standard InChI is InChI=1S/C28H31Cl2N3O4S/c1-5-25(28(35)31-4)32(17-21-8-6-7-9-24(21)30)27(34)18-33(26-16-22(29)13-12-20(26)3)38(36,37)23-14-10-19(2)11-15-23/h6-16,25H,5,17-18H2,1-4H3,(H,31,35). The number of aryl methyl sites for hydroxylation is 2. The van der Waals surface area contributed by atoms with Crippen LogP contribution < -0.4 is 9.62 Å². The minimum Gasteiger partial charge on any atom is -0.357 e. The first-order chi connectivity index (χ1) is 18.0. The van der Waals surface area contributed by atoms with Crippen molar-refractivity contribution in [3.8, 4) is 0 Å². The van der Waals surface area contributed by atoms with Crippen molar-refractivity contribution in [1.29, 1.82) is 0 Å². The van der Waals surface area contributed by atoms with Crippen LogP contribution in [-0.2, 0) is 26.2 Å². The van der Waals surface area contributed by atoms with Gasteiger partial charge in [0.25, 0.3) is 10.0 Å². The highest BCUT2D eigenvalue weighted by molar-refractivity contribution is 7.92. The fourth-order valence-corrected chi connectivity index (χ4v) is 5.93. The molecule has 3 aromatic carbocycles. The molecule has 0 saturated carbocycles. The van der Waals surface area contributed by atoms with Crippen molar-refractivity contribution in [2.45, 2.75) is 44.7 Å². The second kappa shape index (κ2) is 12.7. The molecule has 1 atom stereocenters. The Bertz CT molecular complexity index is 1410. The number of carbonyl (C=O) groups is 2. The van der Waals surface area contributed by atoms with E-state index in [9.17, 15) is 18.0 Å². The molecule has 0 radical (unpaired) electrons. The second-order valence-electron chi connectivity index (χ2n) is 8.91. The maximum Gasteiger partial charge on any atom is 0.264 e. The second-order valence-corrected chi connectivity index (χ2v) is 11.6. The molecule has 0 aliphatic heterocycles. The average Bonchev–Trinajstić information content (AvgIpc) is 2.89. The lowest BCUT2D eigenvalue weighted by Crippen LogP contribution is -2.51. The number of benzene rings is 3. The van der Waals surface area contributed by atoms with Gasteiger partial charge in [0.2, 0.25) is 11.8 Å². The lowest BCUT2D eigenvalue weighted by Gasteiger charge is -2.33. The molecule has 0 aromatic heterocycles. The third kappa shape index (κ3) is 6.67. The largest absolute Gasteiger partial charge is 0.357 e. The number of rotatable bonds is 10. The summed E-state index contributed by atoms with van der Waals surface area (Å²) in [7, 11) is -2.68. The lowest BCUT2D eigenvalue weighted by molar-refractivity contribution is -0.140. The van der Waals surface area contributed by atoms with Crippen LogP contribution in [0.25, 0.3) is 0 Å². The summed E-state index contributed by atoms with van der Waals surface area (Å²) < 4.78 is 28.9. The first kappa shape index (κ1) is 29.5. The molecule has 10 heteroatoms. The maximum absolute atomic E-state index is 14.0. The Kier molecular flexibility index (Phi) is 9.82. The van der Waals surface area contributed by atoms with Gasteiger partial charge in [0.15, 0.2) is 0 Å². The zero-order chi connectivity index (χ0) is 28.0. The molecule has 2 amide bonds. The van der Waals surface area contributed by atoms with Crippen LogP contribution in [0.5, 0.6) is 0 Å². The van der Waals surface area contributed by atoms with Crippen LogP contribution in [0, 0.1) is 13.8 Å². The Hall–Kier alpha value is -3.07. The molecule has 0 bridgehead atoms. The number of sulfonamides is 1. The van der Waals surface area contributed by atoms with Crippen molar-refractivity contribution >= 4 is 50.7 Å². The Balaban J connectivity index is 2.12. The highest BCUT2D eigenvalue weighted by atomic mass is 35.5. The van der Waals surface area contributed by atoms with E-state index in [0.29, 0.717) is 27.6 Å². The van der Waals surface area contributed by atoms with Gasteiger partial charge in [-0.05, 0) is 61.7 Å². The predicted octanol–water partition coefficient (Wildman–Crippen LogP) is 5.36. The van der Waals surface area contributed by atoms with Crippen LogP contribution in [0.1, 0.15) is 30.0 Å². The van der Waals surface area contributed by atoms with Gasteiger partial charge < -0.3 is 10.2 Å². The molecule has 0 aliphatic carbocycles. The van der Waals surface area contributed by atoms with Crippen LogP contribution >= 0.6 is 23.2 Å². The van der Waals surface area contributed by atoms with Gasteiger partial charge in [0.05, 0.1) is 10.6 Å². The molecule has 1 N–H and O–H groups in total. The number of hydrogen-bond donors (Lipinski definition) is 1. The summed E-state index contributed by atoms with van der Waals surface area (Å²) in [6, 6.07) is 17.4. The SMILES string of the molecule is CCC(C(=O)NC)N(Cc1ccccc1Cl)C(=O)CN(c1cc(Cl)ccc1C)S(=O)(=O)c1ccc(C)cc1. The average molecular weight is 577 g/mol. The highest BCUT2D eigenvalue weighted by Crippen LogP contribution is 2.30. The van der Waals surface area contributed by atoms with E-state index in [-0.39, 0.29) is 23.0 Å². The van der Waals surface area contributed by atoms with E-state index in [2.05, 4.69) is 5.32 Å². The zero-order valence-corrected chi connectivity index (χ0v) is 24.1. The van der Waals surface area contributed by atoms with Crippen LogP contribution in [0.2, 0.25) is 10.0 Å². The summed E-state index contributed by atoms with van der Waals surface area (Å²) in [5, 5.41) is 3.36. The monoisotopic (exact) mass is 575 g/mol. The summed E-state index contributed by atoms with van der Waals surface area (Å²) >= 11 is 12.6. The molecule has 38 heavy (non-hydrogen) atoms. The Labute approximate surface area is 234 Å². The summed E-state index contributed by atoms with van der Waals surface area (Å²) in [6.07, 6.45) is 0.316. The topological polar surface area (TPSA) is 86.8 Å². The predicted molar refractivity (Wildman–Crippen MR) is 152 cm³/mol. The van der Waals surface area contributed by atoms with Crippen molar-refractivity contribution in [3.05, 3.63) is 93.5 Å². The Morgan fingerprint density at radius 1 is 0.974 bits per heavy atom. The summed E-state index contributed by atoms with van der Waals surface area (Å²) in [5.74, 6) is -0.921. The summed E-state index contributed by atoms with van der Waals surface area (Å²) in [6.45, 7) is 4.87. The Morgan fingerprint density at radius 2 is 1.63 bits per heavy atom. The number of likely N-dealkylation sites (N-methyl/N-ethyl adjacent to an activating group) is 1. The molecule has 0 fully saturated rings. The van der Waals surface area contributed by atoms with Crippen molar-refractivity contribution in [3.63, 3.8) is 0 Å². The molecule has 0 spiro atoms. The van der Waals surface area contributed by atoms with E-state index in [4.69, 9.17) is 23.2 Å². The minimum absolute atomic E-state index is 0.0252. The molecular formula is C28H31Cl2N3O4S. The van der Waals surface area contributed by atoms with E-state index in [0.717, 1.165) is 9.87 Å². The van der Waals surface area contributed by atoms with Gasteiger partial charge in [-0.2, -0.15) is 0 Å². The van der Waals surface area contributed by atoms with Gasteiger partial charge in [-0.3, -0.25) is 13.9 Å². The third-order valence-corrected chi connectivity index (χ3v) is 8.64. The van der Waals surface area contributed by atoms with Crippen LogP contribution in [0.15, 0.2) is 71.6 Å². The molecule has 202 valence electrons. The van der Waals surface area contributed by atoms with E-state index in [1.807, 2.05) is 6.92 Å². The van der Waals surface area contributed by atoms with Crippen LogP contribution in [-0.4, -0.2) is 44.8 Å². The summed E-state index contributed by atoms with van der Waals surface area (Å²) in [4.78, 5) is 28.1. The third-order valence-electron chi connectivity index (χ3n) is 6.26. The van der Waals surface area contributed by atoms with Crippen molar-refractivity contribution < 1.29 is 18.0 Å². The van der Waals surface area contributed by atoms with E-state index < -0.39 is 28.5 Å². The molecule has 3 aromatic rings. The van der Waals surface area contributed by atoms with Crippen LogP contribution in [0.3, 0.4) is 0 Å². The fourth-order valence-electron chi connectivity index (χ4n) is 4.10. The Morgan fingerprint density at radius 3 is 2.24 bits per heavy atom. The molecule has 3 rings (SSSR count). The number of nitrogens with one attached hydrogen (secondary N) is 1. The van der Waals surface area contributed by atoms with Gasteiger partial charge in [0.1, 0.15) is 12.6 Å². The quantitative estimate of drug-likeness (QED) is 0.352. The molecule has 7 nitrogen and oxygen atoms in total. The number of nitrogens with zero attached hydrogens (tertiary/aromatic N) is 2. The van der Waals surface area contributed by atoms with Crippen molar-refractivity contribution in [2.24, 2.45) is 0 Å². The molecular weight excluding hydrogens is 545 g/mol. The lowest BCUT2D eigenvalue weighted by atomic mass is 10.1. The number of halogens is 2. The maximum atomic E-state index is 14.0. The molecule has 0 aliphatic rings. The highest BCUT2D eigenvalue weighted by Gasteiger charge is 2.34. The molecule has 0 saturated heterocycles. The van der Waals surface area contributed by atoms with Gasteiger partial charge in [-0.25, -0.2) is 8.42 Å². The number of anilines is 1.